The van der Waals surface area contributed by atoms with Crippen LogP contribution in [-0.4, -0.2) is 38.6 Å². The van der Waals surface area contributed by atoms with Crippen LogP contribution in [-0.2, 0) is 4.79 Å². The lowest BCUT2D eigenvalue weighted by Crippen LogP contribution is -2.45. The summed E-state index contributed by atoms with van der Waals surface area (Å²) >= 11 is 0. The number of nitrogens with one attached hydrogen (secondary N) is 2. The van der Waals surface area contributed by atoms with Crippen molar-refractivity contribution in [1.82, 2.24) is 14.9 Å². The zero-order valence-electron chi connectivity index (χ0n) is 18.8. The molecule has 8 nitrogen and oxygen atoms in total. The highest BCUT2D eigenvalue weighted by molar-refractivity contribution is 6.23. The van der Waals surface area contributed by atoms with Gasteiger partial charge in [-0.2, -0.15) is 0 Å². The van der Waals surface area contributed by atoms with Crippen LogP contribution >= 0.6 is 0 Å². The molecule has 0 bridgehead atoms. The maximum atomic E-state index is 12.8. The average Bonchev–Trinajstić information content (AvgIpc) is 3.15. The lowest BCUT2D eigenvalue weighted by molar-refractivity contribution is -0.119. The first-order valence-electron chi connectivity index (χ1n) is 11.0. The van der Waals surface area contributed by atoms with Gasteiger partial charge < -0.3 is 10.6 Å². The summed E-state index contributed by atoms with van der Waals surface area (Å²) in [4.78, 5) is 47.7. The fraction of sp³-hybridized carbons (Fsp3) is 0.0741. The Morgan fingerprint density at radius 3 is 2.06 bits per heavy atom. The van der Waals surface area contributed by atoms with Crippen molar-refractivity contribution >= 4 is 34.9 Å². The van der Waals surface area contributed by atoms with E-state index in [-0.39, 0.29) is 0 Å². The van der Waals surface area contributed by atoms with Crippen molar-refractivity contribution in [2.24, 2.45) is 0 Å². The van der Waals surface area contributed by atoms with E-state index < -0.39 is 23.8 Å². The Morgan fingerprint density at radius 1 is 0.800 bits per heavy atom. The highest BCUT2D eigenvalue weighted by Gasteiger charge is 2.40. The van der Waals surface area contributed by atoms with Gasteiger partial charge in [0.15, 0.2) is 0 Å². The van der Waals surface area contributed by atoms with Gasteiger partial charge in [-0.25, -0.2) is 9.97 Å². The van der Waals surface area contributed by atoms with Crippen LogP contribution in [0.15, 0.2) is 91.3 Å². The van der Waals surface area contributed by atoms with Crippen LogP contribution in [0.3, 0.4) is 0 Å². The molecule has 1 unspecified atom stereocenters. The van der Waals surface area contributed by atoms with E-state index in [9.17, 15) is 14.4 Å². The Morgan fingerprint density at radius 2 is 1.40 bits per heavy atom. The Kier molecular flexibility index (Phi) is 5.76. The van der Waals surface area contributed by atoms with E-state index in [1.54, 1.807) is 48.5 Å². The third kappa shape index (κ3) is 4.37. The van der Waals surface area contributed by atoms with Crippen LogP contribution in [0.2, 0.25) is 0 Å². The van der Waals surface area contributed by atoms with Crippen LogP contribution in [0.1, 0.15) is 27.6 Å². The summed E-state index contributed by atoms with van der Waals surface area (Å²) in [5, 5.41) is 5.99. The van der Waals surface area contributed by atoms with Crippen molar-refractivity contribution in [2.75, 3.05) is 10.6 Å². The Hall–Kier alpha value is -4.85. The van der Waals surface area contributed by atoms with Crippen LogP contribution in [0.4, 0.5) is 17.2 Å². The molecule has 3 amide bonds. The normalized spacial score (nSPS) is 13.3. The van der Waals surface area contributed by atoms with Gasteiger partial charge in [0, 0.05) is 23.0 Å². The molecule has 1 aromatic heterocycles. The first kappa shape index (κ1) is 22.0. The number of imide groups is 1. The number of carbonyl (C=O) groups excluding carboxylic acids is 3. The molecule has 35 heavy (non-hydrogen) atoms. The average molecular weight is 463 g/mol. The van der Waals surface area contributed by atoms with E-state index in [2.05, 4.69) is 20.6 Å². The van der Waals surface area contributed by atoms with Crippen molar-refractivity contribution in [2.45, 2.75) is 13.0 Å². The first-order chi connectivity index (χ1) is 17.0. The third-order valence-corrected chi connectivity index (χ3v) is 5.75. The van der Waals surface area contributed by atoms with Gasteiger partial charge in [-0.1, -0.05) is 42.5 Å². The summed E-state index contributed by atoms with van der Waals surface area (Å²) in [5.41, 5.74) is 3.73. The van der Waals surface area contributed by atoms with Crippen molar-refractivity contribution < 1.29 is 14.4 Å². The lowest BCUT2D eigenvalue weighted by Gasteiger charge is -2.21. The van der Waals surface area contributed by atoms with Crippen molar-refractivity contribution in [3.8, 4) is 11.3 Å². The number of carbonyl (C=O) groups is 3. The van der Waals surface area contributed by atoms with Crippen molar-refractivity contribution in [3.63, 3.8) is 0 Å². The van der Waals surface area contributed by atoms with Crippen LogP contribution < -0.4 is 10.6 Å². The highest BCUT2D eigenvalue weighted by Crippen LogP contribution is 2.26. The van der Waals surface area contributed by atoms with E-state index in [4.69, 9.17) is 0 Å². The van der Waals surface area contributed by atoms with Gasteiger partial charge >= 0.3 is 0 Å². The molecule has 2 heterocycles. The summed E-state index contributed by atoms with van der Waals surface area (Å²) in [6.45, 7) is 1.53. The van der Waals surface area contributed by atoms with Crippen molar-refractivity contribution in [1.29, 1.82) is 0 Å². The number of anilines is 3. The smallest absolute Gasteiger partial charge is 0.262 e. The number of nitrogens with zero attached hydrogens (tertiary/aromatic N) is 3. The summed E-state index contributed by atoms with van der Waals surface area (Å²) in [7, 11) is 0. The molecule has 0 saturated carbocycles. The number of benzene rings is 3. The quantitative estimate of drug-likeness (QED) is 0.408. The third-order valence-electron chi connectivity index (χ3n) is 5.75. The molecule has 0 aliphatic carbocycles. The Balaban J connectivity index is 1.24. The van der Waals surface area contributed by atoms with E-state index in [1.165, 1.54) is 13.3 Å². The highest BCUT2D eigenvalue weighted by atomic mass is 16.2. The minimum atomic E-state index is -0.961. The molecule has 0 fully saturated rings. The van der Waals surface area contributed by atoms with Gasteiger partial charge in [-0.15, -0.1) is 0 Å². The molecule has 172 valence electrons. The number of hydrogen-bond acceptors (Lipinski definition) is 6. The zero-order valence-corrected chi connectivity index (χ0v) is 18.8. The zero-order chi connectivity index (χ0) is 24.4. The monoisotopic (exact) mass is 463 g/mol. The largest absolute Gasteiger partial charge is 0.340 e. The Bertz CT molecular complexity index is 1390. The van der Waals surface area contributed by atoms with E-state index in [0.29, 0.717) is 22.6 Å². The van der Waals surface area contributed by atoms with Gasteiger partial charge in [0.2, 0.25) is 5.91 Å². The SMILES string of the molecule is CC(C(=O)Nc1ccc(Nc2cc(-c3ccccc3)ncn2)cc1)N1C(=O)c2ccccc2C1=O. The molecule has 8 heteroatoms. The lowest BCUT2D eigenvalue weighted by atomic mass is 10.1. The summed E-state index contributed by atoms with van der Waals surface area (Å²) in [5.74, 6) is -0.751. The second-order valence-corrected chi connectivity index (χ2v) is 8.05. The molecule has 2 N–H and O–H groups in total. The molecule has 5 rings (SSSR count). The van der Waals surface area contributed by atoms with Gasteiger partial charge in [-0.05, 0) is 43.3 Å². The predicted molar refractivity (Wildman–Crippen MR) is 132 cm³/mol. The minimum absolute atomic E-state index is 0.313. The van der Waals surface area contributed by atoms with Gasteiger partial charge in [0.05, 0.1) is 16.8 Å². The van der Waals surface area contributed by atoms with Crippen LogP contribution in [0, 0.1) is 0 Å². The number of aromatic nitrogens is 2. The molecular weight excluding hydrogens is 442 g/mol. The van der Waals surface area contributed by atoms with Gasteiger partial charge in [-0.3, -0.25) is 19.3 Å². The minimum Gasteiger partial charge on any atom is -0.340 e. The second-order valence-electron chi connectivity index (χ2n) is 8.05. The fourth-order valence-electron chi connectivity index (χ4n) is 3.90. The molecule has 1 aliphatic heterocycles. The molecular formula is C27H21N5O3. The molecule has 0 spiro atoms. The number of rotatable bonds is 6. The predicted octanol–water partition coefficient (Wildman–Crippen LogP) is 4.51. The van der Waals surface area contributed by atoms with E-state index in [1.807, 2.05) is 36.4 Å². The van der Waals surface area contributed by atoms with E-state index in [0.717, 1.165) is 21.8 Å². The standard InChI is InChI=1S/C27H21N5O3/c1-17(32-26(34)21-9-5-6-10-22(21)27(32)35)25(33)31-20-13-11-19(12-14-20)30-24-15-23(28-16-29-24)18-7-3-2-4-8-18/h2-17H,1H3,(H,31,33)(H,28,29,30). The summed E-state index contributed by atoms with van der Waals surface area (Å²) in [6.07, 6.45) is 1.50. The van der Waals surface area contributed by atoms with Gasteiger partial charge in [0.25, 0.3) is 11.8 Å². The first-order valence-corrected chi connectivity index (χ1v) is 11.0. The number of amides is 3. The van der Waals surface area contributed by atoms with E-state index >= 15 is 0 Å². The summed E-state index contributed by atoms with van der Waals surface area (Å²) < 4.78 is 0. The maximum absolute atomic E-state index is 12.8. The number of fused-ring (bicyclic) bond motifs is 1. The summed E-state index contributed by atoms with van der Waals surface area (Å²) in [6, 6.07) is 24.3. The number of hydrogen-bond donors (Lipinski definition) is 2. The molecule has 3 aromatic carbocycles. The molecule has 1 atom stereocenters. The fourth-order valence-corrected chi connectivity index (χ4v) is 3.90. The second kappa shape index (κ2) is 9.18. The molecule has 0 radical (unpaired) electrons. The molecule has 4 aromatic rings. The molecule has 0 saturated heterocycles. The maximum Gasteiger partial charge on any atom is 0.262 e. The Labute approximate surface area is 201 Å². The molecule has 1 aliphatic rings. The van der Waals surface area contributed by atoms with Crippen LogP contribution in [0.25, 0.3) is 11.3 Å². The topological polar surface area (TPSA) is 104 Å². The van der Waals surface area contributed by atoms with Gasteiger partial charge in [0.1, 0.15) is 18.2 Å². The van der Waals surface area contributed by atoms with Crippen LogP contribution in [0.5, 0.6) is 0 Å². The van der Waals surface area contributed by atoms with Crippen molar-refractivity contribution in [3.05, 3.63) is 102 Å².